The largest absolute Gasteiger partial charge is 0.497 e. The Morgan fingerprint density at radius 1 is 1.24 bits per heavy atom. The van der Waals surface area contributed by atoms with Gasteiger partial charge in [0.25, 0.3) is 5.91 Å². The van der Waals surface area contributed by atoms with Gasteiger partial charge in [0, 0.05) is 15.7 Å². The smallest absolute Gasteiger partial charge is 0.251 e. The van der Waals surface area contributed by atoms with Crippen molar-refractivity contribution in [1.29, 1.82) is 0 Å². The van der Waals surface area contributed by atoms with Crippen LogP contribution in [0.25, 0.3) is 0 Å². The quantitative estimate of drug-likeness (QED) is 0.830. The number of rotatable bonds is 4. The minimum atomic E-state index is -0.140. The summed E-state index contributed by atoms with van der Waals surface area (Å²) >= 11 is 3.32. The summed E-state index contributed by atoms with van der Waals surface area (Å²) in [5, 5.41) is 2.96. The number of halogens is 1. The molecule has 0 heterocycles. The van der Waals surface area contributed by atoms with Crippen LogP contribution in [0.15, 0.2) is 46.9 Å². The second-order valence-corrected chi connectivity index (χ2v) is 5.56. The molecule has 3 N–H and O–H groups in total. The summed E-state index contributed by atoms with van der Waals surface area (Å²) in [7, 11) is 1.62. The lowest BCUT2D eigenvalue weighted by Crippen LogP contribution is -2.26. The zero-order chi connectivity index (χ0) is 15.4. The van der Waals surface area contributed by atoms with E-state index < -0.39 is 0 Å². The van der Waals surface area contributed by atoms with E-state index in [0.717, 1.165) is 11.3 Å². The number of benzene rings is 2. The van der Waals surface area contributed by atoms with Gasteiger partial charge in [-0.25, -0.2) is 0 Å². The molecule has 0 saturated carbocycles. The number of carbonyl (C=O) groups is 1. The molecule has 0 radical (unpaired) electrons. The second-order valence-electron chi connectivity index (χ2n) is 4.70. The minimum absolute atomic E-state index is 0.0975. The van der Waals surface area contributed by atoms with Crippen LogP contribution in [0.4, 0.5) is 5.69 Å². The first kappa shape index (κ1) is 15.4. The molecule has 21 heavy (non-hydrogen) atoms. The molecule has 0 aliphatic carbocycles. The Morgan fingerprint density at radius 2 is 1.90 bits per heavy atom. The normalized spacial score (nSPS) is 11.8. The number of carbonyl (C=O) groups excluding carboxylic acids is 1. The SMILES string of the molecule is COc1ccc(C(C)NC(=O)c2ccc(N)c(Br)c2)cc1. The van der Waals surface area contributed by atoms with Gasteiger partial charge in [0.15, 0.2) is 0 Å². The fraction of sp³-hybridized carbons (Fsp3) is 0.188. The Labute approximate surface area is 132 Å². The zero-order valence-corrected chi connectivity index (χ0v) is 13.5. The van der Waals surface area contributed by atoms with Crippen LogP contribution in [0.1, 0.15) is 28.9 Å². The lowest BCUT2D eigenvalue weighted by atomic mass is 10.1. The van der Waals surface area contributed by atoms with Crippen LogP contribution < -0.4 is 15.8 Å². The van der Waals surface area contributed by atoms with Crippen LogP contribution in [0.3, 0.4) is 0 Å². The molecule has 1 amide bonds. The molecule has 1 unspecified atom stereocenters. The van der Waals surface area contributed by atoms with Crippen molar-refractivity contribution < 1.29 is 9.53 Å². The monoisotopic (exact) mass is 348 g/mol. The maximum Gasteiger partial charge on any atom is 0.251 e. The molecule has 0 saturated heterocycles. The van der Waals surface area contributed by atoms with Gasteiger partial charge in [0.2, 0.25) is 0 Å². The average Bonchev–Trinajstić information content (AvgIpc) is 2.50. The van der Waals surface area contributed by atoms with E-state index in [1.807, 2.05) is 31.2 Å². The van der Waals surface area contributed by atoms with Crippen molar-refractivity contribution >= 4 is 27.5 Å². The zero-order valence-electron chi connectivity index (χ0n) is 11.9. The van der Waals surface area contributed by atoms with Gasteiger partial charge < -0.3 is 15.8 Å². The van der Waals surface area contributed by atoms with E-state index >= 15 is 0 Å². The summed E-state index contributed by atoms with van der Waals surface area (Å²) in [6.07, 6.45) is 0. The number of nitrogens with one attached hydrogen (secondary N) is 1. The fourth-order valence-corrected chi connectivity index (χ4v) is 2.30. The van der Waals surface area contributed by atoms with Crippen LogP contribution >= 0.6 is 15.9 Å². The van der Waals surface area contributed by atoms with Crippen molar-refractivity contribution in [3.63, 3.8) is 0 Å². The van der Waals surface area contributed by atoms with Crippen molar-refractivity contribution in [2.24, 2.45) is 0 Å². The second kappa shape index (κ2) is 6.63. The Bertz CT molecular complexity index is 641. The third-order valence-electron chi connectivity index (χ3n) is 3.23. The molecular formula is C16H17BrN2O2. The molecule has 0 aliphatic heterocycles. The van der Waals surface area contributed by atoms with Gasteiger partial charge in [0.05, 0.1) is 13.2 Å². The molecule has 0 aromatic heterocycles. The van der Waals surface area contributed by atoms with Gasteiger partial charge in [-0.1, -0.05) is 12.1 Å². The van der Waals surface area contributed by atoms with E-state index in [1.54, 1.807) is 25.3 Å². The molecule has 0 spiro atoms. The van der Waals surface area contributed by atoms with Crippen LogP contribution in [0.5, 0.6) is 5.75 Å². The first-order valence-electron chi connectivity index (χ1n) is 6.51. The van der Waals surface area contributed by atoms with E-state index in [1.165, 1.54) is 0 Å². The number of ether oxygens (including phenoxy) is 1. The van der Waals surface area contributed by atoms with Gasteiger partial charge in [-0.15, -0.1) is 0 Å². The molecule has 0 aliphatic rings. The summed E-state index contributed by atoms with van der Waals surface area (Å²) in [6.45, 7) is 1.94. The third-order valence-corrected chi connectivity index (χ3v) is 3.91. The molecule has 4 nitrogen and oxygen atoms in total. The van der Waals surface area contributed by atoms with E-state index in [0.29, 0.717) is 15.7 Å². The standard InChI is InChI=1S/C16H17BrN2O2/c1-10(11-3-6-13(21-2)7-4-11)19-16(20)12-5-8-15(18)14(17)9-12/h3-10H,18H2,1-2H3,(H,19,20). The maximum absolute atomic E-state index is 12.2. The van der Waals surface area contributed by atoms with Gasteiger partial charge >= 0.3 is 0 Å². The Morgan fingerprint density at radius 3 is 2.48 bits per heavy atom. The highest BCUT2D eigenvalue weighted by atomic mass is 79.9. The average molecular weight is 349 g/mol. The lowest BCUT2D eigenvalue weighted by Gasteiger charge is -2.15. The Hall–Kier alpha value is -2.01. The van der Waals surface area contributed by atoms with Crippen LogP contribution in [-0.4, -0.2) is 13.0 Å². The highest BCUT2D eigenvalue weighted by molar-refractivity contribution is 9.10. The fourth-order valence-electron chi connectivity index (χ4n) is 1.92. The number of amides is 1. The molecule has 0 fully saturated rings. The van der Waals surface area contributed by atoms with Crippen LogP contribution in [-0.2, 0) is 0 Å². The molecular weight excluding hydrogens is 332 g/mol. The Kier molecular flexibility index (Phi) is 4.85. The molecule has 1 atom stereocenters. The number of hydrogen-bond acceptors (Lipinski definition) is 3. The van der Waals surface area contributed by atoms with Crippen molar-refractivity contribution in [2.75, 3.05) is 12.8 Å². The van der Waals surface area contributed by atoms with Gasteiger partial charge in [0.1, 0.15) is 5.75 Å². The predicted octanol–water partition coefficient (Wildman–Crippen LogP) is 3.53. The van der Waals surface area contributed by atoms with Crippen molar-refractivity contribution in [3.8, 4) is 5.75 Å². The number of hydrogen-bond donors (Lipinski definition) is 2. The molecule has 2 aromatic rings. The highest BCUT2D eigenvalue weighted by Crippen LogP contribution is 2.21. The Balaban J connectivity index is 2.08. The first-order chi connectivity index (χ1) is 10.0. The summed E-state index contributed by atoms with van der Waals surface area (Å²) in [6, 6.07) is 12.6. The highest BCUT2D eigenvalue weighted by Gasteiger charge is 2.12. The van der Waals surface area contributed by atoms with E-state index in [4.69, 9.17) is 10.5 Å². The van der Waals surface area contributed by atoms with E-state index in [9.17, 15) is 4.79 Å². The number of methoxy groups -OCH3 is 1. The number of anilines is 1. The summed E-state index contributed by atoms with van der Waals surface area (Å²) in [4.78, 5) is 12.2. The van der Waals surface area contributed by atoms with Gasteiger partial charge in [-0.3, -0.25) is 4.79 Å². The van der Waals surface area contributed by atoms with Gasteiger partial charge in [-0.2, -0.15) is 0 Å². The summed E-state index contributed by atoms with van der Waals surface area (Å²) in [5.41, 5.74) is 7.90. The molecule has 110 valence electrons. The number of nitrogens with two attached hydrogens (primary N) is 1. The van der Waals surface area contributed by atoms with Crippen molar-refractivity contribution in [2.45, 2.75) is 13.0 Å². The molecule has 2 rings (SSSR count). The topological polar surface area (TPSA) is 64.3 Å². The predicted molar refractivity (Wildman–Crippen MR) is 87.4 cm³/mol. The van der Waals surface area contributed by atoms with Crippen molar-refractivity contribution in [1.82, 2.24) is 5.32 Å². The van der Waals surface area contributed by atoms with E-state index in [2.05, 4.69) is 21.2 Å². The van der Waals surface area contributed by atoms with Crippen molar-refractivity contribution in [3.05, 3.63) is 58.1 Å². The van der Waals surface area contributed by atoms with Crippen LogP contribution in [0.2, 0.25) is 0 Å². The molecule has 2 aromatic carbocycles. The molecule has 5 heteroatoms. The maximum atomic E-state index is 12.2. The molecule has 0 bridgehead atoms. The number of nitrogen functional groups attached to an aromatic ring is 1. The summed E-state index contributed by atoms with van der Waals surface area (Å²) in [5.74, 6) is 0.652. The summed E-state index contributed by atoms with van der Waals surface area (Å²) < 4.78 is 5.83. The van der Waals surface area contributed by atoms with Gasteiger partial charge in [-0.05, 0) is 58.7 Å². The van der Waals surface area contributed by atoms with E-state index in [-0.39, 0.29) is 11.9 Å². The van der Waals surface area contributed by atoms with Crippen LogP contribution in [0, 0.1) is 0 Å². The lowest BCUT2D eigenvalue weighted by molar-refractivity contribution is 0.0940. The third kappa shape index (κ3) is 3.76. The minimum Gasteiger partial charge on any atom is -0.497 e. The first-order valence-corrected chi connectivity index (χ1v) is 7.30.